The molecule has 0 aliphatic heterocycles. The Labute approximate surface area is 149 Å². The predicted molar refractivity (Wildman–Crippen MR) is 79.5 cm³/mol. The maximum absolute atomic E-state index is 14.0. The lowest BCUT2D eigenvalue weighted by molar-refractivity contribution is -0.168. The molecule has 2 aromatic rings. The van der Waals surface area contributed by atoms with Crippen LogP contribution in [0.2, 0.25) is 5.02 Å². The molecule has 0 bridgehead atoms. The number of benzene rings is 1. The SMILES string of the molecule is Cn1c(C(F)(F)F)c(C(F)(F)F)c(=O)n(-c2cc(S)c(Cl)cc2F)c1=O. The molecule has 0 fully saturated rings. The van der Waals surface area contributed by atoms with Gasteiger partial charge in [-0.05, 0) is 12.1 Å². The summed E-state index contributed by atoms with van der Waals surface area (Å²) in [4.78, 5) is 24.0. The molecular weight excluding hydrogens is 417 g/mol. The molecule has 2 rings (SSSR count). The maximum Gasteiger partial charge on any atom is 0.432 e. The molecule has 26 heavy (non-hydrogen) atoms. The first-order valence-corrected chi connectivity index (χ1v) is 7.19. The molecule has 0 aliphatic rings. The van der Waals surface area contributed by atoms with Gasteiger partial charge >= 0.3 is 18.0 Å². The zero-order chi connectivity index (χ0) is 20.2. The Kier molecular flexibility index (Phi) is 4.96. The van der Waals surface area contributed by atoms with Gasteiger partial charge in [-0.15, -0.1) is 12.6 Å². The van der Waals surface area contributed by atoms with Crippen LogP contribution in [0.15, 0.2) is 26.6 Å². The van der Waals surface area contributed by atoms with Crippen LogP contribution in [0.4, 0.5) is 30.7 Å². The van der Waals surface area contributed by atoms with E-state index in [1.165, 1.54) is 0 Å². The summed E-state index contributed by atoms with van der Waals surface area (Å²) in [6.07, 6.45) is -11.4. The van der Waals surface area contributed by atoms with Crippen molar-refractivity contribution in [2.45, 2.75) is 17.2 Å². The minimum Gasteiger partial charge on any atom is -0.291 e. The molecule has 0 radical (unpaired) electrons. The van der Waals surface area contributed by atoms with Gasteiger partial charge in [0.05, 0.1) is 10.7 Å². The monoisotopic (exact) mass is 422 g/mol. The highest BCUT2D eigenvalue weighted by Gasteiger charge is 2.49. The van der Waals surface area contributed by atoms with Crippen LogP contribution in [0.5, 0.6) is 0 Å². The fourth-order valence-electron chi connectivity index (χ4n) is 2.21. The van der Waals surface area contributed by atoms with Crippen molar-refractivity contribution in [3.05, 3.63) is 55.1 Å². The molecule has 0 unspecified atom stereocenters. The molecule has 0 aliphatic carbocycles. The molecule has 0 N–H and O–H groups in total. The van der Waals surface area contributed by atoms with Gasteiger partial charge < -0.3 is 0 Å². The molecule has 13 heteroatoms. The lowest BCUT2D eigenvalue weighted by Gasteiger charge is -2.20. The van der Waals surface area contributed by atoms with E-state index in [0.717, 1.165) is 0 Å². The number of rotatable bonds is 1. The van der Waals surface area contributed by atoms with E-state index in [1.807, 2.05) is 0 Å². The first kappa shape index (κ1) is 20.4. The van der Waals surface area contributed by atoms with Crippen molar-refractivity contribution in [3.63, 3.8) is 0 Å². The van der Waals surface area contributed by atoms with E-state index < -0.39 is 50.9 Å². The molecule has 0 amide bonds. The largest absolute Gasteiger partial charge is 0.432 e. The summed E-state index contributed by atoms with van der Waals surface area (Å²) in [5.41, 5.74) is -10.4. The zero-order valence-corrected chi connectivity index (χ0v) is 14.0. The number of hydrogen-bond donors (Lipinski definition) is 1. The lowest BCUT2D eigenvalue weighted by atomic mass is 10.2. The number of alkyl halides is 6. The van der Waals surface area contributed by atoms with E-state index in [-0.39, 0.29) is 14.5 Å². The minimum atomic E-state index is -5.76. The fraction of sp³-hybridized carbons (Fsp3) is 0.231. The van der Waals surface area contributed by atoms with Gasteiger partial charge in [-0.1, -0.05) is 11.6 Å². The lowest BCUT2D eigenvalue weighted by Crippen LogP contribution is -2.46. The summed E-state index contributed by atoms with van der Waals surface area (Å²) in [7, 11) is 0.381. The highest BCUT2D eigenvalue weighted by atomic mass is 35.5. The second kappa shape index (κ2) is 6.34. The quantitative estimate of drug-likeness (QED) is 0.563. The smallest absolute Gasteiger partial charge is 0.291 e. The van der Waals surface area contributed by atoms with Crippen molar-refractivity contribution in [1.82, 2.24) is 9.13 Å². The van der Waals surface area contributed by atoms with Crippen LogP contribution in [-0.2, 0) is 19.4 Å². The van der Waals surface area contributed by atoms with Crippen LogP contribution in [0.3, 0.4) is 0 Å². The Hall–Kier alpha value is -1.95. The Morgan fingerprint density at radius 1 is 1.04 bits per heavy atom. The molecule has 1 aromatic heterocycles. The summed E-state index contributed by atoms with van der Waals surface area (Å²) in [6, 6.07) is 1.20. The molecule has 0 atom stereocenters. The highest BCUT2D eigenvalue weighted by Crippen LogP contribution is 2.37. The third-order valence-corrected chi connectivity index (χ3v) is 4.09. The van der Waals surface area contributed by atoms with Crippen LogP contribution in [0.25, 0.3) is 5.69 Å². The van der Waals surface area contributed by atoms with E-state index in [9.17, 15) is 40.3 Å². The molecular formula is C13H6ClF7N2O2S. The Bertz CT molecular complexity index is 1010. The first-order valence-electron chi connectivity index (χ1n) is 6.36. The molecule has 0 saturated heterocycles. The van der Waals surface area contributed by atoms with Gasteiger partial charge in [-0.3, -0.25) is 9.36 Å². The second-order valence-corrected chi connectivity index (χ2v) is 5.85. The highest BCUT2D eigenvalue weighted by molar-refractivity contribution is 7.80. The summed E-state index contributed by atoms with van der Waals surface area (Å²) < 4.78 is 91.7. The van der Waals surface area contributed by atoms with Crippen LogP contribution in [-0.4, -0.2) is 9.13 Å². The Morgan fingerprint density at radius 3 is 2.04 bits per heavy atom. The molecule has 0 spiro atoms. The number of halogens is 8. The number of hydrogen-bond acceptors (Lipinski definition) is 3. The third kappa shape index (κ3) is 3.34. The third-order valence-electron chi connectivity index (χ3n) is 3.28. The van der Waals surface area contributed by atoms with Gasteiger partial charge in [-0.2, -0.15) is 26.3 Å². The van der Waals surface area contributed by atoms with Crippen molar-refractivity contribution in [1.29, 1.82) is 0 Å². The van der Waals surface area contributed by atoms with E-state index in [0.29, 0.717) is 19.2 Å². The number of thiol groups is 1. The molecule has 0 saturated carbocycles. The normalized spacial score (nSPS) is 12.5. The van der Waals surface area contributed by atoms with E-state index >= 15 is 0 Å². The van der Waals surface area contributed by atoms with E-state index in [4.69, 9.17) is 11.6 Å². The average Bonchev–Trinajstić information content (AvgIpc) is 2.45. The van der Waals surface area contributed by atoms with Crippen molar-refractivity contribution >= 4 is 24.2 Å². The molecule has 1 heterocycles. The molecule has 4 nitrogen and oxygen atoms in total. The van der Waals surface area contributed by atoms with Gasteiger partial charge in [0.1, 0.15) is 11.5 Å². The average molecular weight is 423 g/mol. The Morgan fingerprint density at radius 2 is 1.58 bits per heavy atom. The van der Waals surface area contributed by atoms with Crippen LogP contribution < -0.4 is 11.2 Å². The van der Waals surface area contributed by atoms with Crippen LogP contribution in [0.1, 0.15) is 11.3 Å². The number of aromatic nitrogens is 2. The fourth-order valence-corrected chi connectivity index (χ4v) is 2.55. The maximum atomic E-state index is 14.0. The van der Waals surface area contributed by atoms with Crippen LogP contribution in [0, 0.1) is 5.82 Å². The minimum absolute atomic E-state index is 0.217. The van der Waals surface area contributed by atoms with Crippen molar-refractivity contribution in [2.75, 3.05) is 0 Å². The van der Waals surface area contributed by atoms with Crippen LogP contribution >= 0.6 is 24.2 Å². The summed E-state index contributed by atoms with van der Waals surface area (Å²) >= 11 is 9.34. The van der Waals surface area contributed by atoms with Crippen molar-refractivity contribution in [3.8, 4) is 5.69 Å². The first-order chi connectivity index (χ1) is 11.7. The number of nitrogens with zero attached hydrogens (tertiary/aromatic N) is 2. The van der Waals surface area contributed by atoms with Crippen molar-refractivity contribution < 1.29 is 30.7 Å². The molecule has 142 valence electrons. The Balaban J connectivity index is 3.10. The van der Waals surface area contributed by atoms with E-state index in [1.54, 1.807) is 0 Å². The van der Waals surface area contributed by atoms with Gasteiger partial charge in [0, 0.05) is 11.9 Å². The zero-order valence-electron chi connectivity index (χ0n) is 12.3. The van der Waals surface area contributed by atoms with Gasteiger partial charge in [-0.25, -0.2) is 13.8 Å². The predicted octanol–water partition coefficient (Wildman–Crippen LogP) is 3.66. The molecule has 1 aromatic carbocycles. The standard InChI is InChI=1S/C13H6ClF7N2O2S/c1-22-9(13(19,20)21)8(12(16,17)18)10(24)23(11(22)25)6-3-7(26)4(14)2-5(6)15/h2-3,26H,1H3. The summed E-state index contributed by atoms with van der Waals surface area (Å²) in [5, 5.41) is -0.289. The van der Waals surface area contributed by atoms with E-state index in [2.05, 4.69) is 12.6 Å². The van der Waals surface area contributed by atoms with Gasteiger partial charge in [0.15, 0.2) is 5.56 Å². The topological polar surface area (TPSA) is 44.0 Å². The summed E-state index contributed by atoms with van der Waals surface area (Å²) in [6.45, 7) is 0. The van der Waals surface area contributed by atoms with Gasteiger partial charge in [0.25, 0.3) is 5.56 Å². The summed E-state index contributed by atoms with van der Waals surface area (Å²) in [5.74, 6) is -1.40. The van der Waals surface area contributed by atoms with Gasteiger partial charge in [0.2, 0.25) is 0 Å². The van der Waals surface area contributed by atoms with Crippen molar-refractivity contribution in [2.24, 2.45) is 7.05 Å². The second-order valence-electron chi connectivity index (χ2n) is 4.96.